The largest absolute Gasteiger partial charge is 0.379 e. The SMILES string of the molecule is O=S1(=O)CCC(CN=C(NCCN2CCOCC2)N2CCCCC2)C1. The number of sulfone groups is 1. The van der Waals surface area contributed by atoms with Crippen molar-refractivity contribution in [2.75, 3.05) is 70.5 Å². The molecule has 3 fully saturated rings. The molecule has 1 N–H and O–H groups in total. The van der Waals surface area contributed by atoms with Gasteiger partial charge in [-0.1, -0.05) is 0 Å². The maximum Gasteiger partial charge on any atom is 0.193 e. The van der Waals surface area contributed by atoms with Crippen molar-refractivity contribution in [2.24, 2.45) is 10.9 Å². The fourth-order valence-corrected chi connectivity index (χ4v) is 5.60. The standard InChI is InChI=1S/C17H32N4O3S/c22-25(23)13-4-16(15-25)14-19-17(21-6-2-1-3-7-21)18-5-8-20-9-11-24-12-10-20/h16H,1-15H2,(H,18,19). The van der Waals surface area contributed by atoms with E-state index in [1.807, 2.05) is 0 Å². The molecular formula is C17H32N4O3S. The van der Waals surface area contributed by atoms with E-state index in [4.69, 9.17) is 9.73 Å². The molecule has 3 aliphatic heterocycles. The number of guanidine groups is 1. The molecule has 3 aliphatic rings. The van der Waals surface area contributed by atoms with Gasteiger partial charge in [-0.3, -0.25) is 9.89 Å². The average molecular weight is 373 g/mol. The van der Waals surface area contributed by atoms with Gasteiger partial charge in [0.1, 0.15) is 0 Å². The van der Waals surface area contributed by atoms with E-state index in [0.29, 0.717) is 18.1 Å². The smallest absolute Gasteiger partial charge is 0.193 e. The highest BCUT2D eigenvalue weighted by Gasteiger charge is 2.28. The minimum absolute atomic E-state index is 0.186. The second-order valence-electron chi connectivity index (χ2n) is 7.36. The van der Waals surface area contributed by atoms with E-state index in [2.05, 4.69) is 15.1 Å². The van der Waals surface area contributed by atoms with Gasteiger partial charge in [0.15, 0.2) is 15.8 Å². The van der Waals surface area contributed by atoms with Crippen LogP contribution in [0.3, 0.4) is 0 Å². The molecule has 0 spiro atoms. The zero-order chi connectivity index (χ0) is 17.5. The van der Waals surface area contributed by atoms with Gasteiger partial charge in [-0.15, -0.1) is 0 Å². The molecule has 0 aromatic heterocycles. The molecule has 144 valence electrons. The summed E-state index contributed by atoms with van der Waals surface area (Å²) in [5, 5.41) is 3.53. The number of rotatable bonds is 5. The number of likely N-dealkylation sites (tertiary alicyclic amines) is 1. The van der Waals surface area contributed by atoms with Crippen molar-refractivity contribution in [1.82, 2.24) is 15.1 Å². The summed E-state index contributed by atoms with van der Waals surface area (Å²) in [4.78, 5) is 9.55. The van der Waals surface area contributed by atoms with Crippen LogP contribution in [0.4, 0.5) is 0 Å². The molecular weight excluding hydrogens is 340 g/mol. The molecule has 1 unspecified atom stereocenters. The Labute approximate surface area is 151 Å². The molecule has 1 atom stereocenters. The predicted molar refractivity (Wildman–Crippen MR) is 99.7 cm³/mol. The van der Waals surface area contributed by atoms with Crippen LogP contribution in [0.5, 0.6) is 0 Å². The topological polar surface area (TPSA) is 74.2 Å². The van der Waals surface area contributed by atoms with E-state index in [0.717, 1.165) is 64.9 Å². The molecule has 3 heterocycles. The number of hydrogen-bond acceptors (Lipinski definition) is 5. The Balaban J connectivity index is 1.51. The first kappa shape index (κ1) is 18.9. The van der Waals surface area contributed by atoms with Crippen LogP contribution < -0.4 is 5.32 Å². The van der Waals surface area contributed by atoms with Crippen LogP contribution in [0.2, 0.25) is 0 Å². The third kappa shape index (κ3) is 6.11. The van der Waals surface area contributed by atoms with Gasteiger partial charge in [-0.25, -0.2) is 8.42 Å². The van der Waals surface area contributed by atoms with E-state index >= 15 is 0 Å². The molecule has 7 nitrogen and oxygen atoms in total. The Morgan fingerprint density at radius 1 is 1.12 bits per heavy atom. The van der Waals surface area contributed by atoms with Crippen LogP contribution in [-0.4, -0.2) is 94.7 Å². The van der Waals surface area contributed by atoms with Gasteiger partial charge in [-0.2, -0.15) is 0 Å². The quantitative estimate of drug-likeness (QED) is 0.548. The fraction of sp³-hybridized carbons (Fsp3) is 0.941. The Bertz CT molecular complexity index is 540. The van der Waals surface area contributed by atoms with Crippen LogP contribution in [0.15, 0.2) is 4.99 Å². The number of aliphatic imine (C=N–C) groups is 1. The van der Waals surface area contributed by atoms with Crippen molar-refractivity contribution in [3.8, 4) is 0 Å². The lowest BCUT2D eigenvalue weighted by molar-refractivity contribution is 0.0388. The number of morpholine rings is 1. The first-order valence-corrected chi connectivity index (χ1v) is 11.5. The molecule has 8 heteroatoms. The average Bonchev–Trinajstić information content (AvgIpc) is 2.98. The third-order valence-corrected chi connectivity index (χ3v) is 7.13. The summed E-state index contributed by atoms with van der Waals surface area (Å²) in [6.45, 7) is 8.22. The Morgan fingerprint density at radius 2 is 1.88 bits per heavy atom. The van der Waals surface area contributed by atoms with Gasteiger partial charge in [-0.05, 0) is 31.6 Å². The first-order chi connectivity index (χ1) is 12.1. The summed E-state index contributed by atoms with van der Waals surface area (Å²) in [5.74, 6) is 1.79. The van der Waals surface area contributed by atoms with E-state index in [1.54, 1.807) is 0 Å². The van der Waals surface area contributed by atoms with Crippen LogP contribution >= 0.6 is 0 Å². The summed E-state index contributed by atoms with van der Waals surface area (Å²) in [6, 6.07) is 0. The zero-order valence-electron chi connectivity index (χ0n) is 15.2. The van der Waals surface area contributed by atoms with Crippen LogP contribution in [-0.2, 0) is 14.6 Å². The van der Waals surface area contributed by atoms with Crippen molar-refractivity contribution in [3.05, 3.63) is 0 Å². The van der Waals surface area contributed by atoms with Gasteiger partial charge in [0.25, 0.3) is 0 Å². The lowest BCUT2D eigenvalue weighted by Crippen LogP contribution is -2.47. The second kappa shape index (κ2) is 9.19. The maximum atomic E-state index is 11.6. The highest BCUT2D eigenvalue weighted by molar-refractivity contribution is 7.91. The van der Waals surface area contributed by atoms with Crippen LogP contribution in [0, 0.1) is 5.92 Å². The van der Waals surface area contributed by atoms with Crippen molar-refractivity contribution in [1.29, 1.82) is 0 Å². The molecule has 3 rings (SSSR count). The summed E-state index contributed by atoms with van der Waals surface area (Å²) in [5.41, 5.74) is 0. The fourth-order valence-electron chi connectivity index (χ4n) is 3.76. The summed E-state index contributed by atoms with van der Waals surface area (Å²) >= 11 is 0. The van der Waals surface area contributed by atoms with E-state index < -0.39 is 9.84 Å². The first-order valence-electron chi connectivity index (χ1n) is 9.66. The van der Waals surface area contributed by atoms with Crippen molar-refractivity contribution in [3.63, 3.8) is 0 Å². The number of nitrogens with zero attached hydrogens (tertiary/aromatic N) is 3. The molecule has 0 saturated carbocycles. The molecule has 0 aliphatic carbocycles. The minimum Gasteiger partial charge on any atom is -0.379 e. The Kier molecular flexibility index (Phi) is 6.95. The summed E-state index contributed by atoms with van der Waals surface area (Å²) < 4.78 is 28.7. The minimum atomic E-state index is -2.82. The lowest BCUT2D eigenvalue weighted by atomic mass is 10.1. The number of piperidine rings is 1. The normalized spacial score (nSPS) is 28.2. The van der Waals surface area contributed by atoms with E-state index in [-0.39, 0.29) is 5.92 Å². The lowest BCUT2D eigenvalue weighted by Gasteiger charge is -2.32. The van der Waals surface area contributed by atoms with Gasteiger partial charge in [0.2, 0.25) is 0 Å². The van der Waals surface area contributed by atoms with Crippen LogP contribution in [0.25, 0.3) is 0 Å². The molecule has 0 aromatic carbocycles. The number of hydrogen-bond donors (Lipinski definition) is 1. The number of nitrogens with one attached hydrogen (secondary N) is 1. The monoisotopic (exact) mass is 372 g/mol. The zero-order valence-corrected chi connectivity index (χ0v) is 16.0. The van der Waals surface area contributed by atoms with Crippen LogP contribution in [0.1, 0.15) is 25.7 Å². The molecule has 0 radical (unpaired) electrons. The molecule has 25 heavy (non-hydrogen) atoms. The predicted octanol–water partition coefficient (Wildman–Crippen LogP) is 0.185. The summed E-state index contributed by atoms with van der Waals surface area (Å²) in [7, 11) is -2.82. The van der Waals surface area contributed by atoms with Crippen molar-refractivity contribution >= 4 is 15.8 Å². The van der Waals surface area contributed by atoms with Gasteiger partial charge in [0.05, 0.1) is 24.7 Å². The highest BCUT2D eigenvalue weighted by Crippen LogP contribution is 2.19. The molecule has 0 bridgehead atoms. The van der Waals surface area contributed by atoms with Crippen molar-refractivity contribution in [2.45, 2.75) is 25.7 Å². The van der Waals surface area contributed by atoms with Crippen molar-refractivity contribution < 1.29 is 13.2 Å². The van der Waals surface area contributed by atoms with E-state index in [9.17, 15) is 8.42 Å². The highest BCUT2D eigenvalue weighted by atomic mass is 32.2. The van der Waals surface area contributed by atoms with E-state index in [1.165, 1.54) is 19.3 Å². The maximum absolute atomic E-state index is 11.6. The number of ether oxygens (including phenoxy) is 1. The Morgan fingerprint density at radius 3 is 2.56 bits per heavy atom. The third-order valence-electron chi connectivity index (χ3n) is 5.30. The molecule has 0 aromatic rings. The molecule has 0 amide bonds. The summed E-state index contributed by atoms with van der Waals surface area (Å²) in [6.07, 6.45) is 4.47. The van der Waals surface area contributed by atoms with Gasteiger partial charge in [0, 0.05) is 45.8 Å². The molecule has 3 saturated heterocycles. The second-order valence-corrected chi connectivity index (χ2v) is 9.59. The Hall–Kier alpha value is -0.860. The van der Waals surface area contributed by atoms with Gasteiger partial charge >= 0.3 is 0 Å². The van der Waals surface area contributed by atoms with Gasteiger partial charge < -0.3 is 15.0 Å².